The molecule has 0 bridgehead atoms. The highest BCUT2D eigenvalue weighted by Crippen LogP contribution is 2.12. The highest BCUT2D eigenvalue weighted by atomic mass is 16.6. The molecule has 0 unspecified atom stereocenters. The number of nitrogen functional groups attached to an aromatic ring is 2. The maximum absolute atomic E-state index is 12.7. The van der Waals surface area contributed by atoms with E-state index in [2.05, 4.69) is 10.6 Å². The largest absolute Gasteiger partial charge is 0.399 e. The van der Waals surface area contributed by atoms with Gasteiger partial charge in [0, 0.05) is 22.5 Å². The van der Waals surface area contributed by atoms with Gasteiger partial charge in [-0.25, -0.2) is 9.59 Å². The summed E-state index contributed by atoms with van der Waals surface area (Å²) >= 11 is 0. The van der Waals surface area contributed by atoms with E-state index in [1.807, 2.05) is 0 Å². The molecule has 2 aromatic rings. The molecule has 0 aliphatic heterocycles. The summed E-state index contributed by atoms with van der Waals surface area (Å²) in [5.74, 6) is -3.54. The van der Waals surface area contributed by atoms with Crippen molar-refractivity contribution in [3.8, 4) is 0 Å². The summed E-state index contributed by atoms with van der Waals surface area (Å²) < 4.78 is 5.06. The third-order valence-electron chi connectivity index (χ3n) is 4.96. The summed E-state index contributed by atoms with van der Waals surface area (Å²) in [4.78, 5) is 50.5. The molecule has 2 amide bonds. The molecule has 0 saturated carbocycles. The molecule has 6 N–H and O–H groups in total. The molecular formula is C24H30N4O5. The lowest BCUT2D eigenvalue weighted by Gasteiger charge is -2.24. The number of nitrogens with one attached hydrogen (secondary N) is 2. The average Bonchev–Trinajstić information content (AvgIpc) is 2.75. The Morgan fingerprint density at radius 3 is 1.21 bits per heavy atom. The van der Waals surface area contributed by atoms with Crippen LogP contribution >= 0.6 is 0 Å². The van der Waals surface area contributed by atoms with E-state index >= 15 is 0 Å². The van der Waals surface area contributed by atoms with Crippen LogP contribution in [-0.4, -0.2) is 35.8 Å². The second-order valence-electron chi connectivity index (χ2n) is 8.37. The van der Waals surface area contributed by atoms with Crippen LogP contribution in [-0.2, 0) is 14.3 Å². The van der Waals surface area contributed by atoms with Gasteiger partial charge in [-0.05, 0) is 60.4 Å². The van der Waals surface area contributed by atoms with Crippen LogP contribution in [0.3, 0.4) is 0 Å². The Bertz CT molecular complexity index is 919. The lowest BCUT2D eigenvalue weighted by Crippen LogP contribution is -2.50. The molecule has 0 heterocycles. The van der Waals surface area contributed by atoms with Crippen LogP contribution in [0.5, 0.6) is 0 Å². The number of esters is 2. The Kier molecular flexibility index (Phi) is 8.56. The summed E-state index contributed by atoms with van der Waals surface area (Å²) in [6.45, 7) is 6.84. The number of benzene rings is 2. The molecule has 0 spiro atoms. The van der Waals surface area contributed by atoms with Crippen molar-refractivity contribution in [2.45, 2.75) is 39.8 Å². The van der Waals surface area contributed by atoms with Gasteiger partial charge in [-0.3, -0.25) is 9.59 Å². The van der Waals surface area contributed by atoms with Crippen molar-refractivity contribution in [2.75, 3.05) is 11.5 Å². The predicted molar refractivity (Wildman–Crippen MR) is 125 cm³/mol. The zero-order chi connectivity index (χ0) is 24.7. The van der Waals surface area contributed by atoms with Crippen LogP contribution in [0.1, 0.15) is 48.4 Å². The first-order valence-corrected chi connectivity index (χ1v) is 10.6. The quantitative estimate of drug-likeness (QED) is 0.271. The van der Waals surface area contributed by atoms with Crippen LogP contribution in [0.25, 0.3) is 0 Å². The molecule has 0 aromatic heterocycles. The number of hydrogen-bond acceptors (Lipinski definition) is 7. The zero-order valence-electron chi connectivity index (χ0n) is 19.1. The average molecular weight is 455 g/mol. The van der Waals surface area contributed by atoms with Gasteiger partial charge >= 0.3 is 11.9 Å². The first-order chi connectivity index (χ1) is 15.5. The predicted octanol–water partition coefficient (Wildman–Crippen LogP) is 2.13. The number of rotatable bonds is 8. The van der Waals surface area contributed by atoms with Crippen molar-refractivity contribution in [1.29, 1.82) is 0 Å². The van der Waals surface area contributed by atoms with Crippen molar-refractivity contribution in [1.82, 2.24) is 10.6 Å². The Morgan fingerprint density at radius 2 is 0.939 bits per heavy atom. The topological polar surface area (TPSA) is 154 Å². The number of nitrogens with two attached hydrogens (primary N) is 2. The lowest BCUT2D eigenvalue weighted by atomic mass is 10.0. The van der Waals surface area contributed by atoms with E-state index < -0.39 is 35.8 Å². The summed E-state index contributed by atoms with van der Waals surface area (Å²) in [5, 5.41) is 5.18. The number of hydrogen-bond donors (Lipinski definition) is 4. The molecule has 0 radical (unpaired) electrons. The third-order valence-corrected chi connectivity index (χ3v) is 4.96. The molecule has 2 rings (SSSR count). The van der Waals surface area contributed by atoms with Crippen molar-refractivity contribution in [2.24, 2.45) is 11.8 Å². The van der Waals surface area contributed by atoms with E-state index in [1.165, 1.54) is 24.3 Å². The smallest absolute Gasteiger partial charge is 0.336 e. The fraction of sp³-hybridized carbons (Fsp3) is 0.333. The van der Waals surface area contributed by atoms with E-state index in [0.717, 1.165) is 0 Å². The monoisotopic (exact) mass is 454 g/mol. The molecule has 0 fully saturated rings. The molecule has 0 saturated heterocycles. The molecule has 0 aliphatic rings. The molecule has 0 aliphatic carbocycles. The van der Waals surface area contributed by atoms with Crippen molar-refractivity contribution in [3.63, 3.8) is 0 Å². The summed E-state index contributed by atoms with van der Waals surface area (Å²) in [6.07, 6.45) is 0. The summed E-state index contributed by atoms with van der Waals surface area (Å²) in [7, 11) is 0. The molecule has 9 heteroatoms. The van der Waals surface area contributed by atoms with Crippen molar-refractivity contribution < 1.29 is 23.9 Å². The van der Waals surface area contributed by atoms with Gasteiger partial charge in [0.25, 0.3) is 11.8 Å². The maximum Gasteiger partial charge on any atom is 0.336 e. The minimum absolute atomic E-state index is 0.310. The van der Waals surface area contributed by atoms with Crippen LogP contribution in [0.4, 0.5) is 11.4 Å². The number of carbonyl (C=O) groups excluding carboxylic acids is 4. The minimum Gasteiger partial charge on any atom is -0.399 e. The number of ether oxygens (including phenoxy) is 1. The maximum atomic E-state index is 12.7. The van der Waals surface area contributed by atoms with Crippen LogP contribution < -0.4 is 22.1 Å². The number of anilines is 2. The fourth-order valence-electron chi connectivity index (χ4n) is 2.94. The molecule has 176 valence electrons. The molecule has 2 aromatic carbocycles. The lowest BCUT2D eigenvalue weighted by molar-refractivity contribution is -0.163. The second kappa shape index (κ2) is 11.1. The number of carbonyl (C=O) groups is 4. The van der Waals surface area contributed by atoms with E-state index in [9.17, 15) is 19.2 Å². The van der Waals surface area contributed by atoms with E-state index in [1.54, 1.807) is 52.0 Å². The Balaban J connectivity index is 2.08. The molecule has 9 nitrogen and oxygen atoms in total. The van der Waals surface area contributed by atoms with Gasteiger partial charge in [0.15, 0.2) is 0 Å². The van der Waals surface area contributed by atoms with Crippen molar-refractivity contribution in [3.05, 3.63) is 59.7 Å². The fourth-order valence-corrected chi connectivity index (χ4v) is 2.94. The van der Waals surface area contributed by atoms with Crippen molar-refractivity contribution >= 4 is 35.1 Å². The Labute approximate surface area is 192 Å². The Hall–Kier alpha value is -3.88. The third kappa shape index (κ3) is 7.06. The van der Waals surface area contributed by atoms with E-state index in [0.29, 0.717) is 22.5 Å². The second-order valence-corrected chi connectivity index (χ2v) is 8.37. The van der Waals surface area contributed by atoms with Crippen LogP contribution in [0, 0.1) is 11.8 Å². The summed E-state index contributed by atoms with van der Waals surface area (Å²) in [6, 6.07) is 10.2. The van der Waals surface area contributed by atoms with Crippen LogP contribution in [0.15, 0.2) is 48.5 Å². The van der Waals surface area contributed by atoms with Gasteiger partial charge in [0.2, 0.25) is 0 Å². The highest BCUT2D eigenvalue weighted by molar-refractivity contribution is 6.00. The molecular weight excluding hydrogens is 424 g/mol. The van der Waals surface area contributed by atoms with Gasteiger partial charge in [-0.2, -0.15) is 0 Å². The molecule has 33 heavy (non-hydrogen) atoms. The van der Waals surface area contributed by atoms with Gasteiger partial charge < -0.3 is 26.8 Å². The van der Waals surface area contributed by atoms with Gasteiger partial charge in [-0.1, -0.05) is 27.7 Å². The Morgan fingerprint density at radius 1 is 0.636 bits per heavy atom. The molecule has 2 atom stereocenters. The number of amides is 2. The first kappa shape index (κ1) is 25.4. The highest BCUT2D eigenvalue weighted by Gasteiger charge is 2.33. The van der Waals surface area contributed by atoms with E-state index in [4.69, 9.17) is 16.2 Å². The summed E-state index contributed by atoms with van der Waals surface area (Å²) in [5.41, 5.74) is 12.9. The standard InChI is InChI=1S/C24H30N4O5/c1-13(2)19(27-21(29)15-5-9-17(25)10-6-15)23(31)33-24(32)20(14(3)4)28-22(30)16-7-11-18(26)12-8-16/h5-14,19-20H,25-26H2,1-4H3,(H,27,29)(H,28,30)/t19-,20-/m0/s1. The van der Waals surface area contributed by atoms with Crippen LogP contribution in [0.2, 0.25) is 0 Å². The van der Waals surface area contributed by atoms with Gasteiger partial charge in [0.05, 0.1) is 0 Å². The van der Waals surface area contributed by atoms with Gasteiger partial charge in [0.1, 0.15) is 12.1 Å². The van der Waals surface area contributed by atoms with Gasteiger partial charge in [-0.15, -0.1) is 0 Å². The van der Waals surface area contributed by atoms with E-state index in [-0.39, 0.29) is 11.8 Å². The normalized spacial score (nSPS) is 12.7. The minimum atomic E-state index is -1.07. The first-order valence-electron chi connectivity index (χ1n) is 10.6. The zero-order valence-corrected chi connectivity index (χ0v) is 19.1. The SMILES string of the molecule is CC(C)[C@H](NC(=O)c1ccc(N)cc1)C(=O)OC(=O)[C@@H](NC(=O)c1ccc(N)cc1)C(C)C.